The topological polar surface area (TPSA) is 64.9 Å². The maximum Gasteiger partial charge on any atom is 0.126 e. The van der Waals surface area contributed by atoms with Crippen LogP contribution in [0.15, 0.2) is 12.3 Å². The van der Waals surface area contributed by atoms with Crippen LogP contribution in [0.4, 0.5) is 11.5 Å². The van der Waals surface area contributed by atoms with Gasteiger partial charge in [0.05, 0.1) is 11.9 Å². The molecule has 1 heterocycles. The molecule has 0 amide bonds. The average Bonchev–Trinajstić information content (AvgIpc) is 1.94. The van der Waals surface area contributed by atoms with Crippen molar-refractivity contribution in [2.75, 3.05) is 11.5 Å². The highest BCUT2D eigenvalue weighted by Gasteiger charge is 2.04. The third-order valence-corrected chi connectivity index (χ3v) is 1.59. The molecule has 0 radical (unpaired) electrons. The molecule has 1 rings (SSSR count). The Labute approximate surface area is 66.4 Å². The standard InChI is InChI=1S/C8H13N3/c1-5(2)7-3-6(9)4-11-8(7)10/h3-5H,9H2,1-2H3,(H2,10,11). The molecule has 0 saturated heterocycles. The Hall–Kier alpha value is -1.25. The van der Waals surface area contributed by atoms with Gasteiger partial charge in [-0.05, 0) is 17.5 Å². The first-order valence-corrected chi connectivity index (χ1v) is 3.62. The number of pyridine rings is 1. The molecule has 3 heteroatoms. The Kier molecular flexibility index (Phi) is 1.98. The first-order chi connectivity index (χ1) is 5.11. The second-order valence-corrected chi connectivity index (χ2v) is 2.90. The number of nitrogens with two attached hydrogens (primary N) is 2. The number of rotatable bonds is 1. The molecule has 1 aromatic heterocycles. The Bertz CT molecular complexity index is 256. The third-order valence-electron chi connectivity index (χ3n) is 1.59. The Morgan fingerprint density at radius 3 is 2.45 bits per heavy atom. The Balaban J connectivity index is 3.13. The molecule has 0 aliphatic heterocycles. The van der Waals surface area contributed by atoms with Gasteiger partial charge in [0.15, 0.2) is 0 Å². The second kappa shape index (κ2) is 2.78. The van der Waals surface area contributed by atoms with E-state index < -0.39 is 0 Å². The summed E-state index contributed by atoms with van der Waals surface area (Å²) >= 11 is 0. The van der Waals surface area contributed by atoms with Gasteiger partial charge in [-0.3, -0.25) is 0 Å². The fourth-order valence-electron chi connectivity index (χ4n) is 0.972. The lowest BCUT2D eigenvalue weighted by molar-refractivity contribution is 0.864. The highest BCUT2D eigenvalue weighted by Crippen LogP contribution is 2.21. The average molecular weight is 151 g/mol. The van der Waals surface area contributed by atoms with Gasteiger partial charge in [-0.25, -0.2) is 4.98 Å². The third kappa shape index (κ3) is 1.61. The zero-order valence-corrected chi connectivity index (χ0v) is 6.83. The monoisotopic (exact) mass is 151 g/mol. The van der Waals surface area contributed by atoms with Crippen molar-refractivity contribution in [2.45, 2.75) is 19.8 Å². The predicted molar refractivity (Wildman–Crippen MR) is 47.2 cm³/mol. The summed E-state index contributed by atoms with van der Waals surface area (Å²) in [7, 11) is 0. The first-order valence-electron chi connectivity index (χ1n) is 3.62. The maximum absolute atomic E-state index is 5.62. The van der Waals surface area contributed by atoms with Gasteiger partial charge in [0.25, 0.3) is 0 Å². The maximum atomic E-state index is 5.62. The molecule has 60 valence electrons. The van der Waals surface area contributed by atoms with E-state index in [0.717, 1.165) is 5.56 Å². The highest BCUT2D eigenvalue weighted by molar-refractivity contribution is 5.49. The van der Waals surface area contributed by atoms with Gasteiger partial charge >= 0.3 is 0 Å². The number of hydrogen-bond donors (Lipinski definition) is 2. The first kappa shape index (κ1) is 7.85. The molecular weight excluding hydrogens is 138 g/mol. The number of hydrogen-bond acceptors (Lipinski definition) is 3. The molecule has 0 aromatic carbocycles. The minimum absolute atomic E-state index is 0.381. The lowest BCUT2D eigenvalue weighted by Gasteiger charge is -2.07. The summed E-state index contributed by atoms with van der Waals surface area (Å²) in [6.07, 6.45) is 1.57. The normalized spacial score (nSPS) is 10.5. The Morgan fingerprint density at radius 2 is 2.00 bits per heavy atom. The summed E-state index contributed by atoms with van der Waals surface area (Å²) in [5.74, 6) is 0.959. The highest BCUT2D eigenvalue weighted by atomic mass is 14.8. The summed E-state index contributed by atoms with van der Waals surface area (Å²) < 4.78 is 0. The SMILES string of the molecule is CC(C)c1cc(N)cnc1N. The van der Waals surface area contributed by atoms with E-state index in [1.165, 1.54) is 0 Å². The quantitative estimate of drug-likeness (QED) is 0.637. The van der Waals surface area contributed by atoms with Crippen molar-refractivity contribution in [2.24, 2.45) is 0 Å². The van der Waals surface area contributed by atoms with E-state index in [1.807, 2.05) is 6.07 Å². The minimum Gasteiger partial charge on any atom is -0.397 e. The zero-order valence-electron chi connectivity index (χ0n) is 6.83. The Morgan fingerprint density at radius 1 is 1.36 bits per heavy atom. The molecular formula is C8H13N3. The van der Waals surface area contributed by atoms with Crippen LogP contribution in [0.25, 0.3) is 0 Å². The smallest absolute Gasteiger partial charge is 0.126 e. The zero-order chi connectivity index (χ0) is 8.43. The molecule has 0 saturated carbocycles. The summed E-state index contributed by atoms with van der Waals surface area (Å²) in [6, 6.07) is 1.87. The van der Waals surface area contributed by atoms with Crippen molar-refractivity contribution >= 4 is 11.5 Å². The molecule has 1 aromatic rings. The van der Waals surface area contributed by atoms with Crippen LogP contribution in [0.1, 0.15) is 25.3 Å². The van der Waals surface area contributed by atoms with Crippen molar-refractivity contribution in [3.8, 4) is 0 Å². The fourth-order valence-corrected chi connectivity index (χ4v) is 0.972. The van der Waals surface area contributed by atoms with E-state index in [0.29, 0.717) is 17.4 Å². The van der Waals surface area contributed by atoms with E-state index in [9.17, 15) is 0 Å². The van der Waals surface area contributed by atoms with Gasteiger partial charge in [-0.2, -0.15) is 0 Å². The molecule has 3 nitrogen and oxygen atoms in total. The second-order valence-electron chi connectivity index (χ2n) is 2.90. The van der Waals surface area contributed by atoms with Crippen LogP contribution in [0, 0.1) is 0 Å². The molecule has 11 heavy (non-hydrogen) atoms. The summed E-state index contributed by atoms with van der Waals surface area (Å²) in [4.78, 5) is 3.95. The molecule has 4 N–H and O–H groups in total. The van der Waals surface area contributed by atoms with E-state index in [4.69, 9.17) is 11.5 Å². The van der Waals surface area contributed by atoms with Crippen LogP contribution in [-0.2, 0) is 0 Å². The van der Waals surface area contributed by atoms with E-state index in [-0.39, 0.29) is 0 Å². The fraction of sp³-hybridized carbons (Fsp3) is 0.375. The molecule has 0 aliphatic rings. The number of aromatic nitrogens is 1. The molecule has 0 spiro atoms. The van der Waals surface area contributed by atoms with Crippen LogP contribution >= 0.6 is 0 Å². The van der Waals surface area contributed by atoms with Crippen molar-refractivity contribution in [1.29, 1.82) is 0 Å². The van der Waals surface area contributed by atoms with E-state index in [2.05, 4.69) is 18.8 Å². The van der Waals surface area contributed by atoms with Crippen molar-refractivity contribution in [3.05, 3.63) is 17.8 Å². The van der Waals surface area contributed by atoms with Gasteiger partial charge in [-0.15, -0.1) is 0 Å². The lowest BCUT2D eigenvalue weighted by atomic mass is 10.0. The minimum atomic E-state index is 0.381. The molecule has 0 unspecified atom stereocenters. The van der Waals surface area contributed by atoms with Crippen LogP contribution in [0.3, 0.4) is 0 Å². The summed E-state index contributed by atoms with van der Waals surface area (Å²) in [5, 5.41) is 0. The number of anilines is 2. The van der Waals surface area contributed by atoms with E-state index >= 15 is 0 Å². The molecule has 0 atom stereocenters. The van der Waals surface area contributed by atoms with Gasteiger partial charge < -0.3 is 11.5 Å². The van der Waals surface area contributed by atoms with Gasteiger partial charge in [0.2, 0.25) is 0 Å². The van der Waals surface area contributed by atoms with Crippen molar-refractivity contribution in [3.63, 3.8) is 0 Å². The van der Waals surface area contributed by atoms with Gasteiger partial charge in [-0.1, -0.05) is 13.8 Å². The van der Waals surface area contributed by atoms with Gasteiger partial charge in [0.1, 0.15) is 5.82 Å². The largest absolute Gasteiger partial charge is 0.397 e. The summed E-state index contributed by atoms with van der Waals surface area (Å²) in [6.45, 7) is 4.12. The predicted octanol–water partition coefficient (Wildman–Crippen LogP) is 1.37. The van der Waals surface area contributed by atoms with Crippen molar-refractivity contribution < 1.29 is 0 Å². The summed E-state index contributed by atoms with van der Waals surface area (Å²) in [5.41, 5.74) is 12.9. The van der Waals surface area contributed by atoms with E-state index in [1.54, 1.807) is 6.20 Å². The van der Waals surface area contributed by atoms with Crippen LogP contribution in [0.2, 0.25) is 0 Å². The molecule has 0 fully saturated rings. The number of nitrogen functional groups attached to an aromatic ring is 2. The molecule has 0 aliphatic carbocycles. The number of nitrogens with zero attached hydrogens (tertiary/aromatic N) is 1. The van der Waals surface area contributed by atoms with Crippen molar-refractivity contribution in [1.82, 2.24) is 4.98 Å². The lowest BCUT2D eigenvalue weighted by Crippen LogP contribution is -2.00. The van der Waals surface area contributed by atoms with Crippen LogP contribution in [0.5, 0.6) is 0 Å². The van der Waals surface area contributed by atoms with Gasteiger partial charge in [0, 0.05) is 0 Å². The van der Waals surface area contributed by atoms with Crippen LogP contribution < -0.4 is 11.5 Å². The van der Waals surface area contributed by atoms with Crippen LogP contribution in [-0.4, -0.2) is 4.98 Å². The molecule has 0 bridgehead atoms.